The van der Waals surface area contributed by atoms with Crippen LogP contribution in [0.1, 0.15) is 54.4 Å². The van der Waals surface area contributed by atoms with Crippen LogP contribution < -0.4 is 16.0 Å². The fourth-order valence-electron chi connectivity index (χ4n) is 6.36. The standard InChI is InChI=1S/C23H31N3O2/c27-21(25-14-19-11-24-12-19)20-3-1-15(2-4-20)13-26-22(28)23-8-16-5-17(9-23)7-18(6-16)10-23/h1-4,16-19,24H,5-14H2,(H,25,27)(H,26,28). The molecule has 4 aliphatic carbocycles. The minimum absolute atomic E-state index is 0.0175. The normalized spacial score (nSPS) is 33.4. The molecule has 1 aliphatic heterocycles. The van der Waals surface area contributed by atoms with Crippen molar-refractivity contribution < 1.29 is 9.59 Å². The minimum atomic E-state index is -0.0923. The Balaban J connectivity index is 1.14. The van der Waals surface area contributed by atoms with Gasteiger partial charge in [-0.2, -0.15) is 0 Å². The number of hydrogen-bond acceptors (Lipinski definition) is 3. The van der Waals surface area contributed by atoms with Crippen LogP contribution >= 0.6 is 0 Å². The minimum Gasteiger partial charge on any atom is -0.352 e. The van der Waals surface area contributed by atoms with Gasteiger partial charge in [0, 0.05) is 43.1 Å². The lowest BCUT2D eigenvalue weighted by Crippen LogP contribution is -2.53. The molecular weight excluding hydrogens is 350 g/mol. The highest BCUT2D eigenvalue weighted by Gasteiger charge is 2.54. The van der Waals surface area contributed by atoms with Crippen molar-refractivity contribution >= 4 is 11.8 Å². The molecule has 4 saturated carbocycles. The molecule has 5 heteroatoms. The molecule has 1 heterocycles. The van der Waals surface area contributed by atoms with Gasteiger partial charge in [-0.1, -0.05) is 12.1 Å². The summed E-state index contributed by atoms with van der Waals surface area (Å²) < 4.78 is 0. The van der Waals surface area contributed by atoms with Gasteiger partial charge in [-0.05, 0) is 74.0 Å². The monoisotopic (exact) mass is 381 g/mol. The van der Waals surface area contributed by atoms with Crippen LogP contribution in [-0.4, -0.2) is 31.4 Å². The van der Waals surface area contributed by atoms with Crippen LogP contribution in [0.15, 0.2) is 24.3 Å². The van der Waals surface area contributed by atoms with E-state index in [4.69, 9.17) is 0 Å². The van der Waals surface area contributed by atoms with Crippen molar-refractivity contribution in [1.82, 2.24) is 16.0 Å². The van der Waals surface area contributed by atoms with Gasteiger partial charge in [-0.15, -0.1) is 0 Å². The summed E-state index contributed by atoms with van der Waals surface area (Å²) in [4.78, 5) is 25.3. The molecule has 6 rings (SSSR count). The van der Waals surface area contributed by atoms with E-state index in [1.54, 1.807) is 0 Å². The van der Waals surface area contributed by atoms with Crippen molar-refractivity contribution in [3.8, 4) is 0 Å². The van der Waals surface area contributed by atoms with E-state index in [9.17, 15) is 9.59 Å². The van der Waals surface area contributed by atoms with E-state index in [-0.39, 0.29) is 17.2 Å². The Kier molecular flexibility index (Phi) is 4.66. The third-order valence-corrected chi connectivity index (χ3v) is 7.61. The van der Waals surface area contributed by atoms with E-state index in [1.807, 2.05) is 24.3 Å². The van der Waals surface area contributed by atoms with Crippen molar-refractivity contribution in [2.45, 2.75) is 45.1 Å². The van der Waals surface area contributed by atoms with Gasteiger partial charge >= 0.3 is 0 Å². The molecule has 28 heavy (non-hydrogen) atoms. The van der Waals surface area contributed by atoms with E-state index in [2.05, 4.69) is 16.0 Å². The van der Waals surface area contributed by atoms with E-state index in [0.29, 0.717) is 18.0 Å². The summed E-state index contributed by atoms with van der Waals surface area (Å²) in [6.45, 7) is 3.26. The van der Waals surface area contributed by atoms with Gasteiger partial charge in [0.2, 0.25) is 5.91 Å². The molecule has 150 valence electrons. The van der Waals surface area contributed by atoms with E-state index >= 15 is 0 Å². The Bertz CT molecular complexity index is 718. The van der Waals surface area contributed by atoms with Crippen LogP contribution in [0.3, 0.4) is 0 Å². The molecule has 5 aliphatic rings. The number of hydrogen-bond donors (Lipinski definition) is 3. The molecule has 0 spiro atoms. The average Bonchev–Trinajstić information content (AvgIpc) is 2.64. The zero-order valence-electron chi connectivity index (χ0n) is 16.5. The maximum absolute atomic E-state index is 13.0. The fraction of sp³-hybridized carbons (Fsp3) is 0.652. The molecular formula is C23H31N3O2. The first-order valence-electron chi connectivity index (χ1n) is 11.0. The summed E-state index contributed by atoms with van der Waals surface area (Å²) in [5.41, 5.74) is 1.64. The van der Waals surface area contributed by atoms with Crippen molar-refractivity contribution in [3.63, 3.8) is 0 Å². The first kappa shape index (κ1) is 18.2. The second kappa shape index (κ2) is 7.18. The van der Waals surface area contributed by atoms with Crippen molar-refractivity contribution in [2.75, 3.05) is 19.6 Å². The SMILES string of the molecule is O=C(NCC1CNC1)c1ccc(CNC(=O)C23CC4CC(CC(C4)C2)C3)cc1. The predicted octanol–water partition coefficient (Wildman–Crippen LogP) is 2.47. The molecule has 0 radical (unpaired) electrons. The summed E-state index contributed by atoms with van der Waals surface area (Å²) in [7, 11) is 0. The fourth-order valence-corrected chi connectivity index (χ4v) is 6.36. The second-order valence-corrected chi connectivity index (χ2v) is 9.81. The lowest BCUT2D eigenvalue weighted by atomic mass is 9.49. The van der Waals surface area contributed by atoms with E-state index in [1.165, 1.54) is 19.3 Å². The Morgan fingerprint density at radius 3 is 2.07 bits per heavy atom. The van der Waals surface area contributed by atoms with Crippen LogP contribution in [0.5, 0.6) is 0 Å². The van der Waals surface area contributed by atoms with Gasteiger partial charge in [0.15, 0.2) is 0 Å². The zero-order valence-corrected chi connectivity index (χ0v) is 16.5. The van der Waals surface area contributed by atoms with E-state index in [0.717, 1.165) is 62.2 Å². The Morgan fingerprint density at radius 2 is 1.54 bits per heavy atom. The molecule has 4 bridgehead atoms. The summed E-state index contributed by atoms with van der Waals surface area (Å²) >= 11 is 0. The number of amides is 2. The molecule has 5 nitrogen and oxygen atoms in total. The van der Waals surface area contributed by atoms with Crippen molar-refractivity contribution in [3.05, 3.63) is 35.4 Å². The molecule has 3 N–H and O–H groups in total. The van der Waals surface area contributed by atoms with Gasteiger partial charge in [0.1, 0.15) is 0 Å². The van der Waals surface area contributed by atoms with Gasteiger partial charge in [0.25, 0.3) is 5.91 Å². The molecule has 0 atom stereocenters. The number of carbonyl (C=O) groups excluding carboxylic acids is 2. The highest BCUT2D eigenvalue weighted by atomic mass is 16.2. The molecule has 2 amide bonds. The van der Waals surface area contributed by atoms with Gasteiger partial charge in [-0.25, -0.2) is 0 Å². The van der Waals surface area contributed by atoms with Crippen LogP contribution in [-0.2, 0) is 11.3 Å². The molecule has 5 fully saturated rings. The van der Waals surface area contributed by atoms with Crippen molar-refractivity contribution in [1.29, 1.82) is 0 Å². The van der Waals surface area contributed by atoms with E-state index < -0.39 is 0 Å². The smallest absolute Gasteiger partial charge is 0.251 e. The Morgan fingerprint density at radius 1 is 0.929 bits per heavy atom. The number of rotatable bonds is 6. The molecule has 1 saturated heterocycles. The molecule has 1 aromatic rings. The van der Waals surface area contributed by atoms with Crippen LogP contribution in [0.2, 0.25) is 0 Å². The summed E-state index contributed by atoms with van der Waals surface area (Å²) in [6, 6.07) is 7.64. The molecule has 0 unspecified atom stereocenters. The zero-order chi connectivity index (χ0) is 19.1. The van der Waals surface area contributed by atoms with Crippen LogP contribution in [0.4, 0.5) is 0 Å². The summed E-state index contributed by atoms with van der Waals surface area (Å²) in [5.74, 6) is 3.16. The quantitative estimate of drug-likeness (QED) is 0.709. The highest BCUT2D eigenvalue weighted by molar-refractivity contribution is 5.94. The molecule has 1 aromatic carbocycles. The first-order chi connectivity index (χ1) is 13.6. The highest BCUT2D eigenvalue weighted by Crippen LogP contribution is 2.60. The number of carbonyl (C=O) groups is 2. The predicted molar refractivity (Wildman–Crippen MR) is 108 cm³/mol. The first-order valence-corrected chi connectivity index (χ1v) is 11.0. The third kappa shape index (κ3) is 3.45. The second-order valence-electron chi connectivity index (χ2n) is 9.81. The lowest BCUT2D eigenvalue weighted by Gasteiger charge is -2.55. The summed E-state index contributed by atoms with van der Waals surface area (Å²) in [5, 5.41) is 9.42. The maximum Gasteiger partial charge on any atom is 0.251 e. The van der Waals surface area contributed by atoms with Gasteiger partial charge in [0.05, 0.1) is 0 Å². The third-order valence-electron chi connectivity index (χ3n) is 7.61. The van der Waals surface area contributed by atoms with Gasteiger partial charge < -0.3 is 16.0 Å². The Labute approximate surface area is 167 Å². The van der Waals surface area contributed by atoms with Crippen LogP contribution in [0.25, 0.3) is 0 Å². The molecule has 0 aromatic heterocycles. The number of nitrogens with one attached hydrogen (secondary N) is 3. The summed E-state index contributed by atoms with van der Waals surface area (Å²) in [6.07, 6.45) is 7.36. The average molecular weight is 382 g/mol. The largest absolute Gasteiger partial charge is 0.352 e. The van der Waals surface area contributed by atoms with Crippen LogP contribution in [0, 0.1) is 29.1 Å². The number of benzene rings is 1. The Hall–Kier alpha value is -1.88. The lowest BCUT2D eigenvalue weighted by molar-refractivity contribution is -0.146. The van der Waals surface area contributed by atoms with Gasteiger partial charge in [-0.3, -0.25) is 9.59 Å². The maximum atomic E-state index is 13.0. The van der Waals surface area contributed by atoms with Crippen molar-refractivity contribution in [2.24, 2.45) is 29.1 Å². The topological polar surface area (TPSA) is 70.2 Å².